The summed E-state index contributed by atoms with van der Waals surface area (Å²) in [6.07, 6.45) is 1.88. The second-order valence-corrected chi connectivity index (χ2v) is 5.89. The van der Waals surface area contributed by atoms with Crippen molar-refractivity contribution in [1.29, 1.82) is 0 Å². The van der Waals surface area contributed by atoms with Crippen molar-refractivity contribution >= 4 is 44.4 Å². The Kier molecular flexibility index (Phi) is 3.31. The van der Waals surface area contributed by atoms with Crippen LogP contribution in [0.2, 0.25) is 0 Å². The van der Waals surface area contributed by atoms with Gasteiger partial charge in [0.25, 0.3) is 0 Å². The van der Waals surface area contributed by atoms with Gasteiger partial charge >= 0.3 is 5.97 Å². The molecule has 0 aromatic heterocycles. The Morgan fingerprint density at radius 2 is 1.50 bits per heavy atom. The molecule has 0 heterocycles. The second-order valence-electron chi connectivity index (χ2n) is 5.89. The Bertz CT molecular complexity index is 1120. The predicted molar refractivity (Wildman–Crippen MR) is 100 cm³/mol. The van der Waals surface area contributed by atoms with Crippen molar-refractivity contribution in [2.45, 2.75) is 6.92 Å². The van der Waals surface area contributed by atoms with Crippen LogP contribution in [0.25, 0.3) is 38.4 Å². The minimum absolute atomic E-state index is 0.309. The van der Waals surface area contributed by atoms with Crippen molar-refractivity contribution in [2.24, 2.45) is 0 Å². The third-order valence-corrected chi connectivity index (χ3v) is 4.30. The van der Waals surface area contributed by atoms with E-state index in [9.17, 15) is 4.79 Å². The lowest BCUT2D eigenvalue weighted by Crippen LogP contribution is -2.01. The van der Waals surface area contributed by atoms with Gasteiger partial charge in [-0.25, -0.2) is 0 Å². The van der Waals surface area contributed by atoms with E-state index in [4.69, 9.17) is 4.74 Å². The number of rotatable bonds is 2. The fourth-order valence-corrected chi connectivity index (χ4v) is 3.22. The molecule has 4 aromatic carbocycles. The summed E-state index contributed by atoms with van der Waals surface area (Å²) >= 11 is 0. The topological polar surface area (TPSA) is 26.3 Å². The summed E-state index contributed by atoms with van der Waals surface area (Å²) in [5.41, 5.74) is 1.13. The number of hydrogen-bond donors (Lipinski definition) is 0. The maximum Gasteiger partial charge on any atom is 0.308 e. The Labute approximate surface area is 140 Å². The Morgan fingerprint density at radius 1 is 0.875 bits per heavy atom. The highest BCUT2D eigenvalue weighted by Gasteiger charge is 2.08. The summed E-state index contributed by atoms with van der Waals surface area (Å²) in [5, 5.41) is 6.64. The van der Waals surface area contributed by atoms with Crippen molar-refractivity contribution in [3.63, 3.8) is 0 Å². The fraction of sp³-hybridized carbons (Fsp3) is 0.0455. The van der Waals surface area contributed by atoms with Gasteiger partial charge in [-0.15, -0.1) is 0 Å². The number of carbonyl (C=O) groups is 1. The van der Waals surface area contributed by atoms with Crippen molar-refractivity contribution < 1.29 is 9.53 Å². The molecule has 0 bridgehead atoms. The number of carbonyl (C=O) groups excluding carboxylic acids is 1. The highest BCUT2D eigenvalue weighted by molar-refractivity contribution is 6.07. The molecular weight excluding hydrogens is 296 g/mol. The zero-order valence-corrected chi connectivity index (χ0v) is 13.4. The van der Waals surface area contributed by atoms with Gasteiger partial charge in [0.2, 0.25) is 0 Å². The van der Waals surface area contributed by atoms with Crippen molar-refractivity contribution in [2.75, 3.05) is 0 Å². The van der Waals surface area contributed by atoms with E-state index in [0.29, 0.717) is 5.75 Å². The Morgan fingerprint density at radius 3 is 2.17 bits per heavy atom. The van der Waals surface area contributed by atoms with Crippen LogP contribution in [0.4, 0.5) is 0 Å². The maximum atomic E-state index is 11.3. The molecule has 4 aromatic rings. The van der Waals surface area contributed by atoms with Gasteiger partial charge in [-0.2, -0.15) is 0 Å². The van der Waals surface area contributed by atoms with E-state index in [-0.39, 0.29) is 5.97 Å². The summed E-state index contributed by atoms with van der Waals surface area (Å²) in [6.45, 7) is 5.32. The largest absolute Gasteiger partial charge is 0.426 e. The van der Waals surface area contributed by atoms with E-state index in [1.54, 1.807) is 0 Å². The maximum absolute atomic E-state index is 11.3. The van der Waals surface area contributed by atoms with E-state index in [2.05, 4.69) is 43.0 Å². The molecule has 2 nitrogen and oxygen atoms in total. The van der Waals surface area contributed by atoms with Crippen LogP contribution in [-0.2, 0) is 4.79 Å². The number of fused-ring (bicyclic) bond motifs is 3. The smallest absolute Gasteiger partial charge is 0.308 e. The molecule has 116 valence electrons. The molecular formula is C22H16O2. The molecule has 0 saturated carbocycles. The first-order valence-electron chi connectivity index (χ1n) is 7.86. The quantitative estimate of drug-likeness (QED) is 0.269. The average Bonchev–Trinajstić information content (AvgIpc) is 2.57. The van der Waals surface area contributed by atoms with Gasteiger partial charge in [0.1, 0.15) is 5.75 Å². The fourth-order valence-electron chi connectivity index (χ4n) is 3.22. The monoisotopic (exact) mass is 312 g/mol. The van der Waals surface area contributed by atoms with E-state index >= 15 is 0 Å². The van der Waals surface area contributed by atoms with Crippen molar-refractivity contribution in [3.05, 3.63) is 72.8 Å². The molecule has 0 amide bonds. The zero-order chi connectivity index (χ0) is 16.7. The van der Waals surface area contributed by atoms with Gasteiger partial charge in [-0.05, 0) is 62.8 Å². The Balaban J connectivity index is 2.06. The van der Waals surface area contributed by atoms with E-state index < -0.39 is 0 Å². The number of esters is 1. The van der Waals surface area contributed by atoms with Gasteiger partial charge < -0.3 is 4.74 Å². The molecule has 0 aliphatic heterocycles. The number of benzene rings is 4. The van der Waals surface area contributed by atoms with Crippen LogP contribution >= 0.6 is 0 Å². The summed E-state index contributed by atoms with van der Waals surface area (Å²) in [5.74, 6) is 0.290. The molecule has 2 heteroatoms. The standard InChI is InChI=1S/C22H16O2/c1-3-15-6-4-7-16-10-19-13-21-17(11-18(19)12-20(15)16)8-5-9-22(21)24-14(2)23/h3-13H,1H2,2H3. The first-order chi connectivity index (χ1) is 11.7. The zero-order valence-electron chi connectivity index (χ0n) is 13.4. The molecule has 0 aliphatic rings. The summed E-state index contributed by atoms with van der Waals surface area (Å²) < 4.78 is 5.35. The second kappa shape index (κ2) is 5.50. The first-order valence-corrected chi connectivity index (χ1v) is 7.86. The lowest BCUT2D eigenvalue weighted by Gasteiger charge is -2.10. The molecule has 0 N–H and O–H groups in total. The van der Waals surface area contributed by atoms with Crippen LogP contribution < -0.4 is 4.74 Å². The average molecular weight is 312 g/mol. The van der Waals surface area contributed by atoms with Crippen molar-refractivity contribution in [1.82, 2.24) is 0 Å². The lowest BCUT2D eigenvalue weighted by molar-refractivity contribution is -0.131. The van der Waals surface area contributed by atoms with E-state index in [0.717, 1.165) is 27.1 Å². The normalized spacial score (nSPS) is 11.0. The minimum Gasteiger partial charge on any atom is -0.426 e. The molecule has 0 radical (unpaired) electrons. The van der Waals surface area contributed by atoms with Crippen LogP contribution in [0.5, 0.6) is 5.75 Å². The number of hydrogen-bond acceptors (Lipinski definition) is 2. The Hall–Kier alpha value is -3.13. The molecule has 0 aliphatic carbocycles. The van der Waals surface area contributed by atoms with E-state index in [1.807, 2.05) is 30.3 Å². The van der Waals surface area contributed by atoms with E-state index in [1.165, 1.54) is 17.7 Å². The highest BCUT2D eigenvalue weighted by Crippen LogP contribution is 2.33. The van der Waals surface area contributed by atoms with Gasteiger partial charge in [0.15, 0.2) is 0 Å². The first kappa shape index (κ1) is 14.5. The van der Waals surface area contributed by atoms with Gasteiger partial charge in [0, 0.05) is 12.3 Å². The summed E-state index contributed by atoms with van der Waals surface area (Å²) in [4.78, 5) is 11.3. The van der Waals surface area contributed by atoms with Gasteiger partial charge in [0.05, 0.1) is 0 Å². The van der Waals surface area contributed by atoms with Gasteiger partial charge in [-0.3, -0.25) is 4.79 Å². The molecule has 0 fully saturated rings. The van der Waals surface area contributed by atoms with Gasteiger partial charge in [-0.1, -0.05) is 43.0 Å². The molecule has 0 atom stereocenters. The van der Waals surface area contributed by atoms with Crippen LogP contribution in [0.15, 0.2) is 67.2 Å². The predicted octanol–water partition coefficient (Wildman–Crippen LogP) is 5.71. The van der Waals surface area contributed by atoms with Crippen LogP contribution in [0, 0.1) is 0 Å². The molecule has 0 unspecified atom stereocenters. The lowest BCUT2D eigenvalue weighted by atomic mass is 9.97. The summed E-state index contributed by atoms with van der Waals surface area (Å²) in [7, 11) is 0. The SMILES string of the molecule is C=Cc1cccc2cc3cc4c(OC(C)=O)cccc4cc3cc12. The van der Waals surface area contributed by atoms with Crippen LogP contribution in [0.1, 0.15) is 12.5 Å². The molecule has 4 rings (SSSR count). The third kappa shape index (κ3) is 2.33. The van der Waals surface area contributed by atoms with Crippen LogP contribution in [0.3, 0.4) is 0 Å². The van der Waals surface area contributed by atoms with Crippen molar-refractivity contribution in [3.8, 4) is 5.75 Å². The third-order valence-electron chi connectivity index (χ3n) is 4.30. The highest BCUT2D eigenvalue weighted by atomic mass is 16.5. The summed E-state index contributed by atoms with van der Waals surface area (Å²) in [6, 6.07) is 20.6. The minimum atomic E-state index is -0.309. The van der Waals surface area contributed by atoms with Crippen LogP contribution in [-0.4, -0.2) is 5.97 Å². The number of ether oxygens (including phenoxy) is 1. The molecule has 0 saturated heterocycles. The molecule has 24 heavy (non-hydrogen) atoms. The molecule has 0 spiro atoms.